The van der Waals surface area contributed by atoms with Crippen molar-refractivity contribution < 1.29 is 0 Å². The second-order valence-electron chi connectivity index (χ2n) is 3.01. The van der Waals surface area contributed by atoms with E-state index in [9.17, 15) is 0 Å². The Morgan fingerprint density at radius 2 is 2.50 bits per heavy atom. The minimum absolute atomic E-state index is 0.303. The van der Waals surface area contributed by atoms with Crippen molar-refractivity contribution in [2.24, 2.45) is 5.10 Å². The zero-order chi connectivity index (χ0) is 10.4. The Morgan fingerprint density at radius 1 is 1.71 bits per heavy atom. The molecule has 3 N–H and O–H groups in total. The van der Waals surface area contributed by atoms with E-state index in [-0.39, 0.29) is 0 Å². The van der Waals surface area contributed by atoms with Gasteiger partial charge in [-0.25, -0.2) is 0 Å². The number of hydrazone groups is 1. The average molecular weight is 211 g/mol. The van der Waals surface area contributed by atoms with Crippen LogP contribution < -0.4 is 10.7 Å². The lowest BCUT2D eigenvalue weighted by Crippen LogP contribution is -2.36. The SMILES string of the molecule is CC(C)NC(=S)N/N=C/c1ccn[nH]1. The fraction of sp³-hybridized carbons (Fsp3) is 0.375. The predicted octanol–water partition coefficient (Wildman–Crippen LogP) is 0.616. The molecular weight excluding hydrogens is 198 g/mol. The fourth-order valence-electron chi connectivity index (χ4n) is 0.793. The summed E-state index contributed by atoms with van der Waals surface area (Å²) in [5, 5.41) is 14.0. The molecule has 1 aromatic rings. The molecule has 5 nitrogen and oxygen atoms in total. The van der Waals surface area contributed by atoms with Gasteiger partial charge in [-0.3, -0.25) is 10.5 Å². The minimum Gasteiger partial charge on any atom is -0.359 e. The summed E-state index contributed by atoms with van der Waals surface area (Å²) in [6.45, 7) is 4.01. The van der Waals surface area contributed by atoms with E-state index in [1.165, 1.54) is 0 Å². The normalized spacial score (nSPS) is 10.8. The summed E-state index contributed by atoms with van der Waals surface area (Å²) < 4.78 is 0. The minimum atomic E-state index is 0.303. The quantitative estimate of drug-likeness (QED) is 0.389. The van der Waals surface area contributed by atoms with Crippen LogP contribution in [0.4, 0.5) is 0 Å². The summed E-state index contributed by atoms with van der Waals surface area (Å²) >= 11 is 4.96. The lowest BCUT2D eigenvalue weighted by molar-refractivity contribution is 0.719. The lowest BCUT2D eigenvalue weighted by atomic mass is 10.4. The van der Waals surface area contributed by atoms with Crippen LogP contribution in [0.5, 0.6) is 0 Å². The number of aromatic nitrogens is 2. The Morgan fingerprint density at radius 3 is 3.07 bits per heavy atom. The van der Waals surface area contributed by atoms with Crippen molar-refractivity contribution in [3.05, 3.63) is 18.0 Å². The van der Waals surface area contributed by atoms with Crippen LogP contribution in [0.3, 0.4) is 0 Å². The molecule has 1 heterocycles. The molecule has 14 heavy (non-hydrogen) atoms. The number of hydrogen-bond donors (Lipinski definition) is 3. The maximum Gasteiger partial charge on any atom is 0.187 e. The van der Waals surface area contributed by atoms with Crippen LogP contribution in [0.15, 0.2) is 17.4 Å². The van der Waals surface area contributed by atoms with E-state index in [1.807, 2.05) is 19.9 Å². The highest BCUT2D eigenvalue weighted by Gasteiger charge is 1.94. The van der Waals surface area contributed by atoms with E-state index in [4.69, 9.17) is 12.2 Å². The zero-order valence-corrected chi connectivity index (χ0v) is 8.93. The van der Waals surface area contributed by atoms with E-state index in [2.05, 4.69) is 26.0 Å². The van der Waals surface area contributed by atoms with Crippen molar-refractivity contribution in [3.8, 4) is 0 Å². The molecule has 0 aliphatic carbocycles. The maximum absolute atomic E-state index is 4.96. The van der Waals surface area contributed by atoms with Gasteiger partial charge < -0.3 is 5.32 Å². The molecule has 0 bridgehead atoms. The van der Waals surface area contributed by atoms with Crippen molar-refractivity contribution in [3.63, 3.8) is 0 Å². The van der Waals surface area contributed by atoms with Gasteiger partial charge in [0.25, 0.3) is 0 Å². The molecule has 0 fully saturated rings. The number of aromatic amines is 1. The highest BCUT2D eigenvalue weighted by atomic mass is 32.1. The van der Waals surface area contributed by atoms with Crippen LogP contribution >= 0.6 is 12.2 Å². The van der Waals surface area contributed by atoms with Crippen LogP contribution in [-0.4, -0.2) is 27.6 Å². The zero-order valence-electron chi connectivity index (χ0n) is 8.11. The summed E-state index contributed by atoms with van der Waals surface area (Å²) in [7, 11) is 0. The highest BCUT2D eigenvalue weighted by molar-refractivity contribution is 7.80. The number of hydrogen-bond acceptors (Lipinski definition) is 3. The molecule has 76 valence electrons. The molecule has 0 aliphatic heterocycles. The molecule has 0 radical (unpaired) electrons. The van der Waals surface area contributed by atoms with Gasteiger partial charge in [-0.2, -0.15) is 10.2 Å². The summed E-state index contributed by atoms with van der Waals surface area (Å²) in [5.41, 5.74) is 3.52. The first-order chi connectivity index (χ1) is 6.68. The highest BCUT2D eigenvalue weighted by Crippen LogP contribution is 1.84. The van der Waals surface area contributed by atoms with Crippen molar-refractivity contribution in [1.82, 2.24) is 20.9 Å². The first-order valence-electron chi connectivity index (χ1n) is 4.27. The number of H-pyrrole nitrogens is 1. The monoisotopic (exact) mass is 211 g/mol. The van der Waals surface area contributed by atoms with Crippen molar-refractivity contribution >= 4 is 23.5 Å². The van der Waals surface area contributed by atoms with Gasteiger partial charge in [-0.05, 0) is 32.1 Å². The van der Waals surface area contributed by atoms with Gasteiger partial charge in [0.15, 0.2) is 5.11 Å². The molecule has 0 amide bonds. The van der Waals surface area contributed by atoms with Gasteiger partial charge in [0.2, 0.25) is 0 Å². The molecular formula is C8H13N5S. The Balaban J connectivity index is 2.30. The van der Waals surface area contributed by atoms with Gasteiger partial charge in [-0.1, -0.05) is 0 Å². The van der Waals surface area contributed by atoms with Crippen molar-refractivity contribution in [2.75, 3.05) is 0 Å². The topological polar surface area (TPSA) is 65.1 Å². The summed E-state index contributed by atoms with van der Waals surface area (Å²) in [6, 6.07) is 2.11. The van der Waals surface area contributed by atoms with E-state index in [0.717, 1.165) is 5.69 Å². The molecule has 0 aliphatic rings. The number of rotatable bonds is 3. The van der Waals surface area contributed by atoms with E-state index in [0.29, 0.717) is 11.2 Å². The number of nitrogens with one attached hydrogen (secondary N) is 3. The average Bonchev–Trinajstić information content (AvgIpc) is 2.55. The van der Waals surface area contributed by atoms with E-state index in [1.54, 1.807) is 12.4 Å². The third kappa shape index (κ3) is 3.99. The van der Waals surface area contributed by atoms with Gasteiger partial charge in [0.05, 0.1) is 11.9 Å². The summed E-state index contributed by atoms with van der Waals surface area (Å²) in [4.78, 5) is 0. The second-order valence-corrected chi connectivity index (χ2v) is 3.42. The van der Waals surface area contributed by atoms with Gasteiger partial charge >= 0.3 is 0 Å². The van der Waals surface area contributed by atoms with Gasteiger partial charge in [0.1, 0.15) is 0 Å². The van der Waals surface area contributed by atoms with Crippen LogP contribution in [0.25, 0.3) is 0 Å². The Hall–Kier alpha value is -1.43. The van der Waals surface area contributed by atoms with Crippen molar-refractivity contribution in [1.29, 1.82) is 0 Å². The number of thiocarbonyl (C=S) groups is 1. The molecule has 0 atom stereocenters. The molecule has 0 saturated carbocycles. The molecule has 6 heteroatoms. The lowest BCUT2D eigenvalue weighted by Gasteiger charge is -2.09. The van der Waals surface area contributed by atoms with Crippen LogP contribution in [0, 0.1) is 0 Å². The van der Waals surface area contributed by atoms with E-state index < -0.39 is 0 Å². The third-order valence-corrected chi connectivity index (χ3v) is 1.52. The Labute approximate surface area is 88.0 Å². The summed E-state index contributed by atoms with van der Waals surface area (Å²) in [6.07, 6.45) is 3.27. The molecule has 1 rings (SSSR count). The smallest absolute Gasteiger partial charge is 0.187 e. The Bertz CT molecular complexity index is 304. The fourth-order valence-corrected chi connectivity index (χ4v) is 1.08. The van der Waals surface area contributed by atoms with Crippen molar-refractivity contribution in [2.45, 2.75) is 19.9 Å². The molecule has 1 aromatic heterocycles. The Kier molecular flexibility index (Phi) is 4.06. The molecule has 0 spiro atoms. The van der Waals surface area contributed by atoms with Crippen LogP contribution in [0.2, 0.25) is 0 Å². The van der Waals surface area contributed by atoms with Crippen LogP contribution in [0.1, 0.15) is 19.5 Å². The van der Waals surface area contributed by atoms with E-state index >= 15 is 0 Å². The largest absolute Gasteiger partial charge is 0.359 e. The second kappa shape index (κ2) is 5.33. The number of nitrogens with zero attached hydrogens (tertiary/aromatic N) is 2. The first kappa shape index (κ1) is 10.6. The maximum atomic E-state index is 4.96. The third-order valence-electron chi connectivity index (χ3n) is 1.31. The molecule has 0 aromatic carbocycles. The predicted molar refractivity (Wildman–Crippen MR) is 60.2 cm³/mol. The van der Waals surface area contributed by atoms with Gasteiger partial charge in [0, 0.05) is 12.2 Å². The first-order valence-corrected chi connectivity index (χ1v) is 4.68. The molecule has 0 unspecified atom stereocenters. The standard InChI is InChI=1S/C8H13N5S/c1-6(2)11-8(14)13-10-5-7-3-4-9-12-7/h3-6H,1-2H3,(H,9,12)(H2,11,13,14)/b10-5+. The summed E-state index contributed by atoms with van der Waals surface area (Å²) in [5.74, 6) is 0. The van der Waals surface area contributed by atoms with Crippen LogP contribution in [-0.2, 0) is 0 Å². The molecule has 0 saturated heterocycles. The van der Waals surface area contributed by atoms with Gasteiger partial charge in [-0.15, -0.1) is 0 Å².